The molecule has 0 saturated heterocycles. The van der Waals surface area contributed by atoms with Crippen LogP contribution in [-0.2, 0) is 13.5 Å². The smallest absolute Gasteiger partial charge is 0.146 e. The van der Waals surface area contributed by atoms with Gasteiger partial charge in [-0.15, -0.1) is 0 Å². The van der Waals surface area contributed by atoms with Crippen LogP contribution in [0.25, 0.3) is 0 Å². The molecule has 1 N–H and O–H groups in total. The first-order valence-electron chi connectivity index (χ1n) is 6.44. The average molecular weight is 262 g/mol. The van der Waals surface area contributed by atoms with Crippen molar-refractivity contribution in [3.63, 3.8) is 0 Å². The molecule has 2 rings (SSSR count). The van der Waals surface area contributed by atoms with Crippen molar-refractivity contribution >= 4 is 0 Å². The summed E-state index contributed by atoms with van der Waals surface area (Å²) in [5.74, 6) is -0.271. The van der Waals surface area contributed by atoms with Gasteiger partial charge in [0.25, 0.3) is 0 Å². The van der Waals surface area contributed by atoms with Crippen LogP contribution in [0.1, 0.15) is 29.9 Å². The van der Waals surface area contributed by atoms with Crippen LogP contribution in [0.5, 0.6) is 0 Å². The zero-order chi connectivity index (χ0) is 13.8. The molecular weight excluding hydrogens is 243 g/mol. The molecule has 0 radical (unpaired) electrons. The molecule has 19 heavy (non-hydrogen) atoms. The first kappa shape index (κ1) is 13.7. The fourth-order valence-electron chi connectivity index (χ4n) is 2.27. The summed E-state index contributed by atoms with van der Waals surface area (Å²) in [4.78, 5) is 3.80. The highest BCUT2D eigenvalue weighted by Gasteiger charge is 2.17. The molecule has 0 fully saturated rings. The molecule has 0 aliphatic rings. The van der Waals surface area contributed by atoms with Crippen LogP contribution >= 0.6 is 0 Å². The number of nitrogens with one attached hydrogen (secondary N) is 1. The van der Waals surface area contributed by atoms with Gasteiger partial charge in [0.15, 0.2) is 0 Å². The topological polar surface area (TPSA) is 42.7 Å². The molecule has 0 aliphatic heterocycles. The molecule has 1 atom stereocenters. The predicted octanol–water partition coefficient (Wildman–Crippen LogP) is 2.16. The standard InChI is InChI=1S/C14H19FN4/c1-4-17-14(12-5-6-16-9-13(12)15)8-11-7-10(2)18-19(11)3/h5-7,9,14,17H,4,8H2,1-3H3. The number of nitrogens with zero attached hydrogens (tertiary/aromatic N) is 3. The molecule has 0 saturated carbocycles. The summed E-state index contributed by atoms with van der Waals surface area (Å²) in [5, 5.41) is 7.64. The van der Waals surface area contributed by atoms with E-state index in [9.17, 15) is 4.39 Å². The summed E-state index contributed by atoms with van der Waals surface area (Å²) in [6.45, 7) is 4.75. The van der Waals surface area contributed by atoms with Gasteiger partial charge in [-0.05, 0) is 25.6 Å². The summed E-state index contributed by atoms with van der Waals surface area (Å²) in [7, 11) is 1.91. The van der Waals surface area contributed by atoms with Crippen molar-refractivity contribution in [3.8, 4) is 0 Å². The number of rotatable bonds is 5. The van der Waals surface area contributed by atoms with Crippen molar-refractivity contribution in [2.24, 2.45) is 7.05 Å². The predicted molar refractivity (Wildman–Crippen MR) is 72.3 cm³/mol. The van der Waals surface area contributed by atoms with E-state index in [1.54, 1.807) is 12.3 Å². The number of pyridine rings is 1. The lowest BCUT2D eigenvalue weighted by Crippen LogP contribution is -2.24. The zero-order valence-corrected chi connectivity index (χ0v) is 11.5. The molecule has 0 aliphatic carbocycles. The van der Waals surface area contributed by atoms with E-state index in [0.717, 1.165) is 17.9 Å². The van der Waals surface area contributed by atoms with Gasteiger partial charge in [-0.3, -0.25) is 9.67 Å². The van der Waals surface area contributed by atoms with E-state index in [4.69, 9.17) is 0 Å². The lowest BCUT2D eigenvalue weighted by Gasteiger charge is -2.18. The van der Waals surface area contributed by atoms with Crippen LogP contribution in [0.2, 0.25) is 0 Å². The highest BCUT2D eigenvalue weighted by molar-refractivity contribution is 5.21. The monoisotopic (exact) mass is 262 g/mol. The first-order valence-corrected chi connectivity index (χ1v) is 6.44. The third kappa shape index (κ3) is 3.17. The Morgan fingerprint density at radius 1 is 1.47 bits per heavy atom. The number of hydrogen-bond donors (Lipinski definition) is 1. The molecule has 2 aromatic rings. The molecule has 0 spiro atoms. The quantitative estimate of drug-likeness (QED) is 0.898. The van der Waals surface area contributed by atoms with Crippen molar-refractivity contribution in [1.82, 2.24) is 20.1 Å². The average Bonchev–Trinajstić information content (AvgIpc) is 2.68. The Balaban J connectivity index is 2.26. The molecular formula is C14H19FN4. The maximum absolute atomic E-state index is 13.8. The first-order chi connectivity index (χ1) is 9.11. The maximum Gasteiger partial charge on any atom is 0.146 e. The van der Waals surface area contributed by atoms with Crippen LogP contribution in [0.15, 0.2) is 24.5 Å². The minimum atomic E-state index is -0.271. The molecule has 0 amide bonds. The molecule has 1 unspecified atom stereocenters. The van der Waals surface area contributed by atoms with E-state index >= 15 is 0 Å². The SMILES string of the molecule is CCNC(Cc1cc(C)nn1C)c1ccncc1F. The third-order valence-corrected chi connectivity index (χ3v) is 3.14. The van der Waals surface area contributed by atoms with Crippen LogP contribution in [-0.4, -0.2) is 21.3 Å². The van der Waals surface area contributed by atoms with Crippen LogP contribution in [0.4, 0.5) is 4.39 Å². The Labute approximate surface area is 112 Å². The van der Waals surface area contributed by atoms with E-state index in [1.807, 2.05) is 31.6 Å². The van der Waals surface area contributed by atoms with Gasteiger partial charge in [-0.2, -0.15) is 5.10 Å². The molecule has 0 bridgehead atoms. The maximum atomic E-state index is 13.8. The molecule has 102 valence electrons. The van der Waals surface area contributed by atoms with E-state index < -0.39 is 0 Å². The van der Waals surface area contributed by atoms with Crippen molar-refractivity contribution in [1.29, 1.82) is 0 Å². The van der Waals surface area contributed by atoms with Crippen molar-refractivity contribution < 1.29 is 4.39 Å². The lowest BCUT2D eigenvalue weighted by molar-refractivity contribution is 0.495. The van der Waals surface area contributed by atoms with Crippen LogP contribution in [0, 0.1) is 12.7 Å². The summed E-state index contributed by atoms with van der Waals surface area (Å²) in [6.07, 6.45) is 3.58. The normalized spacial score (nSPS) is 12.6. The number of aryl methyl sites for hydroxylation is 2. The molecule has 0 aromatic carbocycles. The Hall–Kier alpha value is -1.75. The second-order valence-corrected chi connectivity index (χ2v) is 4.61. The summed E-state index contributed by atoms with van der Waals surface area (Å²) in [6, 6.07) is 3.69. The third-order valence-electron chi connectivity index (χ3n) is 3.14. The van der Waals surface area contributed by atoms with Gasteiger partial charge in [0.2, 0.25) is 0 Å². The Morgan fingerprint density at radius 3 is 2.84 bits per heavy atom. The largest absolute Gasteiger partial charge is 0.310 e. The van der Waals surface area contributed by atoms with E-state index in [0.29, 0.717) is 12.0 Å². The minimum Gasteiger partial charge on any atom is -0.310 e. The molecule has 5 heteroatoms. The number of hydrogen-bond acceptors (Lipinski definition) is 3. The Kier molecular flexibility index (Phi) is 4.27. The van der Waals surface area contributed by atoms with Gasteiger partial charge in [0.1, 0.15) is 5.82 Å². The molecule has 2 aromatic heterocycles. The fourth-order valence-corrected chi connectivity index (χ4v) is 2.27. The summed E-state index contributed by atoms with van der Waals surface area (Å²) >= 11 is 0. The van der Waals surface area contributed by atoms with E-state index in [1.165, 1.54) is 6.20 Å². The highest BCUT2D eigenvalue weighted by atomic mass is 19.1. The van der Waals surface area contributed by atoms with Gasteiger partial charge in [0.05, 0.1) is 11.9 Å². The van der Waals surface area contributed by atoms with Gasteiger partial charge in [-0.1, -0.05) is 6.92 Å². The molecule has 4 nitrogen and oxygen atoms in total. The fraction of sp³-hybridized carbons (Fsp3) is 0.429. The van der Waals surface area contributed by atoms with Gasteiger partial charge in [0, 0.05) is 37.0 Å². The second-order valence-electron chi connectivity index (χ2n) is 4.61. The molecule has 2 heterocycles. The van der Waals surface area contributed by atoms with E-state index in [2.05, 4.69) is 15.4 Å². The zero-order valence-electron chi connectivity index (χ0n) is 11.5. The van der Waals surface area contributed by atoms with Crippen LogP contribution in [0.3, 0.4) is 0 Å². The van der Waals surface area contributed by atoms with Gasteiger partial charge >= 0.3 is 0 Å². The van der Waals surface area contributed by atoms with Gasteiger partial charge < -0.3 is 5.32 Å². The Morgan fingerprint density at radius 2 is 2.26 bits per heavy atom. The number of aromatic nitrogens is 3. The number of halogens is 1. The Bertz CT molecular complexity index is 550. The minimum absolute atomic E-state index is 0.0669. The second kappa shape index (κ2) is 5.93. The number of likely N-dealkylation sites (N-methyl/N-ethyl adjacent to an activating group) is 1. The highest BCUT2D eigenvalue weighted by Crippen LogP contribution is 2.20. The van der Waals surface area contributed by atoms with Crippen molar-refractivity contribution in [3.05, 3.63) is 47.3 Å². The van der Waals surface area contributed by atoms with Crippen LogP contribution < -0.4 is 5.32 Å². The van der Waals surface area contributed by atoms with Crippen molar-refractivity contribution in [2.45, 2.75) is 26.3 Å². The summed E-state index contributed by atoms with van der Waals surface area (Å²) in [5.41, 5.74) is 2.71. The van der Waals surface area contributed by atoms with Crippen molar-refractivity contribution in [2.75, 3.05) is 6.54 Å². The summed E-state index contributed by atoms with van der Waals surface area (Å²) < 4.78 is 15.7. The lowest BCUT2D eigenvalue weighted by atomic mass is 10.0. The van der Waals surface area contributed by atoms with E-state index in [-0.39, 0.29) is 11.9 Å². The van der Waals surface area contributed by atoms with Gasteiger partial charge in [-0.25, -0.2) is 4.39 Å².